The average Bonchev–Trinajstić information content (AvgIpc) is 2.75. The fourth-order valence-electron chi connectivity index (χ4n) is 1.25. The molecule has 1 heterocycles. The van der Waals surface area contributed by atoms with Gasteiger partial charge in [-0.2, -0.15) is 0 Å². The monoisotopic (exact) mass is 227 g/mol. The summed E-state index contributed by atoms with van der Waals surface area (Å²) < 4.78 is 0. The number of hydrogen-bond donors (Lipinski definition) is 1. The maximum absolute atomic E-state index is 4.63. The second-order valence-corrected chi connectivity index (χ2v) is 4.77. The molecule has 4 heteroatoms. The molecule has 2 atom stereocenters. The van der Waals surface area contributed by atoms with Gasteiger partial charge in [-0.15, -0.1) is 11.3 Å². The Hall–Kier alpha value is -0.610. The molecule has 1 aromatic heterocycles. The number of thiazole rings is 1. The summed E-state index contributed by atoms with van der Waals surface area (Å²) in [6, 6.07) is 0.884. The minimum absolute atomic E-state index is 0.334. The molecule has 0 fully saturated rings. The lowest BCUT2D eigenvalue weighted by atomic mass is 10.2. The number of anilines is 1. The molecule has 3 nitrogen and oxygen atoms in total. The number of rotatable bonds is 5. The van der Waals surface area contributed by atoms with E-state index in [0.717, 1.165) is 17.2 Å². The molecule has 86 valence electrons. The minimum atomic E-state index is 0.334. The molecule has 0 saturated heterocycles. The quantitative estimate of drug-likeness (QED) is 0.838. The van der Waals surface area contributed by atoms with Crippen molar-refractivity contribution in [1.82, 2.24) is 10.3 Å². The second kappa shape index (κ2) is 5.47. The molecular weight excluding hydrogens is 206 g/mol. The van der Waals surface area contributed by atoms with Crippen LogP contribution in [0.25, 0.3) is 0 Å². The maximum Gasteiger partial charge on any atom is 0.185 e. The van der Waals surface area contributed by atoms with Crippen molar-refractivity contribution in [2.24, 2.45) is 0 Å². The van der Waals surface area contributed by atoms with Crippen molar-refractivity contribution in [2.75, 3.05) is 19.0 Å². The van der Waals surface area contributed by atoms with Gasteiger partial charge in [-0.1, -0.05) is 6.92 Å². The van der Waals surface area contributed by atoms with Crippen LogP contribution in [0.4, 0.5) is 5.13 Å². The van der Waals surface area contributed by atoms with E-state index in [1.54, 1.807) is 11.3 Å². The van der Waals surface area contributed by atoms with E-state index in [1.165, 1.54) is 0 Å². The molecule has 0 aliphatic rings. The highest BCUT2D eigenvalue weighted by Crippen LogP contribution is 2.24. The topological polar surface area (TPSA) is 28.2 Å². The summed E-state index contributed by atoms with van der Waals surface area (Å²) in [4.78, 5) is 6.88. The third-order valence-corrected chi connectivity index (χ3v) is 3.89. The summed E-state index contributed by atoms with van der Waals surface area (Å²) >= 11 is 1.72. The first-order valence-electron chi connectivity index (χ1n) is 5.45. The summed E-state index contributed by atoms with van der Waals surface area (Å²) in [5, 5.41) is 6.45. The average molecular weight is 227 g/mol. The van der Waals surface area contributed by atoms with Gasteiger partial charge in [0, 0.05) is 24.5 Å². The van der Waals surface area contributed by atoms with Gasteiger partial charge < -0.3 is 10.2 Å². The van der Waals surface area contributed by atoms with Crippen LogP contribution in [-0.4, -0.2) is 25.1 Å². The third-order valence-electron chi connectivity index (χ3n) is 2.94. The van der Waals surface area contributed by atoms with Gasteiger partial charge in [-0.25, -0.2) is 4.98 Å². The Morgan fingerprint density at radius 3 is 2.73 bits per heavy atom. The third kappa shape index (κ3) is 2.92. The van der Waals surface area contributed by atoms with E-state index in [2.05, 4.69) is 48.4 Å². The van der Waals surface area contributed by atoms with Crippen LogP contribution < -0.4 is 10.2 Å². The van der Waals surface area contributed by atoms with E-state index in [0.29, 0.717) is 12.1 Å². The minimum Gasteiger partial charge on any atom is -0.348 e. The molecule has 0 saturated carbocycles. The summed E-state index contributed by atoms with van der Waals surface area (Å²) in [7, 11) is 4.07. The lowest BCUT2D eigenvalue weighted by Crippen LogP contribution is -2.27. The zero-order chi connectivity index (χ0) is 11.4. The standard InChI is InChI=1S/C11H21N3S/c1-6-8(2)14(5)11-13-10(7-15-11)9(3)12-4/h7-9,12H,6H2,1-5H3. The zero-order valence-electron chi connectivity index (χ0n) is 10.2. The molecule has 1 rings (SSSR count). The first kappa shape index (κ1) is 12.5. The molecule has 0 aromatic carbocycles. The first-order valence-corrected chi connectivity index (χ1v) is 6.33. The molecule has 0 aliphatic heterocycles. The van der Waals surface area contributed by atoms with Crippen molar-refractivity contribution in [1.29, 1.82) is 0 Å². The highest BCUT2D eigenvalue weighted by Gasteiger charge is 2.13. The Balaban J connectivity index is 2.75. The Labute approximate surface area is 96.5 Å². The Morgan fingerprint density at radius 1 is 1.53 bits per heavy atom. The molecule has 1 aromatic rings. The summed E-state index contributed by atoms with van der Waals surface area (Å²) in [6.07, 6.45) is 1.15. The van der Waals surface area contributed by atoms with Crippen LogP contribution in [-0.2, 0) is 0 Å². The van der Waals surface area contributed by atoms with Gasteiger partial charge in [0.1, 0.15) is 0 Å². The molecule has 0 spiro atoms. The van der Waals surface area contributed by atoms with E-state index < -0.39 is 0 Å². The predicted octanol–water partition coefficient (Wildman–Crippen LogP) is 2.66. The number of aromatic nitrogens is 1. The van der Waals surface area contributed by atoms with E-state index in [4.69, 9.17) is 0 Å². The molecule has 1 N–H and O–H groups in total. The molecule has 0 bridgehead atoms. The molecule has 15 heavy (non-hydrogen) atoms. The highest BCUT2D eigenvalue weighted by atomic mass is 32.1. The smallest absolute Gasteiger partial charge is 0.185 e. The molecule has 2 unspecified atom stereocenters. The normalized spacial score (nSPS) is 15.0. The van der Waals surface area contributed by atoms with Crippen LogP contribution in [0.1, 0.15) is 38.9 Å². The van der Waals surface area contributed by atoms with Gasteiger partial charge in [0.2, 0.25) is 0 Å². The van der Waals surface area contributed by atoms with Crippen molar-refractivity contribution in [3.63, 3.8) is 0 Å². The summed E-state index contributed by atoms with van der Waals surface area (Å²) in [6.45, 7) is 6.55. The van der Waals surface area contributed by atoms with Crippen molar-refractivity contribution in [3.05, 3.63) is 11.1 Å². The molecule has 0 amide bonds. The number of hydrogen-bond acceptors (Lipinski definition) is 4. The SMILES string of the molecule is CCC(C)N(C)c1nc(C(C)NC)cs1. The van der Waals surface area contributed by atoms with E-state index >= 15 is 0 Å². The maximum atomic E-state index is 4.63. The fraction of sp³-hybridized carbons (Fsp3) is 0.727. The van der Waals surface area contributed by atoms with E-state index in [9.17, 15) is 0 Å². The van der Waals surface area contributed by atoms with E-state index in [1.807, 2.05) is 7.05 Å². The van der Waals surface area contributed by atoms with Crippen LogP contribution in [0, 0.1) is 0 Å². The largest absolute Gasteiger partial charge is 0.348 e. The summed E-state index contributed by atoms with van der Waals surface area (Å²) in [5.74, 6) is 0. The van der Waals surface area contributed by atoms with Gasteiger partial charge in [-0.05, 0) is 27.3 Å². The van der Waals surface area contributed by atoms with Crippen LogP contribution in [0.2, 0.25) is 0 Å². The van der Waals surface area contributed by atoms with Crippen LogP contribution in [0.15, 0.2) is 5.38 Å². The fourth-order valence-corrected chi connectivity index (χ4v) is 2.23. The lowest BCUT2D eigenvalue weighted by molar-refractivity contribution is 0.629. The first-order chi connectivity index (χ1) is 7.10. The Bertz CT molecular complexity index is 298. The molecular formula is C11H21N3S. The van der Waals surface area contributed by atoms with Crippen molar-refractivity contribution < 1.29 is 0 Å². The second-order valence-electron chi connectivity index (χ2n) is 3.93. The van der Waals surface area contributed by atoms with Crippen molar-refractivity contribution >= 4 is 16.5 Å². The van der Waals surface area contributed by atoms with Crippen LogP contribution in [0.3, 0.4) is 0 Å². The van der Waals surface area contributed by atoms with Gasteiger partial charge in [0.25, 0.3) is 0 Å². The molecule has 0 radical (unpaired) electrons. The van der Waals surface area contributed by atoms with Gasteiger partial charge in [0.05, 0.1) is 5.69 Å². The van der Waals surface area contributed by atoms with Crippen LogP contribution in [0.5, 0.6) is 0 Å². The van der Waals surface area contributed by atoms with Crippen molar-refractivity contribution in [2.45, 2.75) is 39.3 Å². The molecule has 0 aliphatic carbocycles. The summed E-state index contributed by atoms with van der Waals surface area (Å²) in [5.41, 5.74) is 1.13. The number of nitrogens with one attached hydrogen (secondary N) is 1. The van der Waals surface area contributed by atoms with Crippen LogP contribution >= 0.6 is 11.3 Å². The van der Waals surface area contributed by atoms with Gasteiger partial charge in [-0.3, -0.25) is 0 Å². The zero-order valence-corrected chi connectivity index (χ0v) is 11.1. The van der Waals surface area contributed by atoms with E-state index in [-0.39, 0.29) is 0 Å². The lowest BCUT2D eigenvalue weighted by Gasteiger charge is -2.22. The Kier molecular flexibility index (Phi) is 4.54. The highest BCUT2D eigenvalue weighted by molar-refractivity contribution is 7.13. The Morgan fingerprint density at radius 2 is 2.20 bits per heavy atom. The van der Waals surface area contributed by atoms with Crippen molar-refractivity contribution in [3.8, 4) is 0 Å². The predicted molar refractivity (Wildman–Crippen MR) is 67.7 cm³/mol. The van der Waals surface area contributed by atoms with Gasteiger partial charge in [0.15, 0.2) is 5.13 Å². The van der Waals surface area contributed by atoms with Gasteiger partial charge >= 0.3 is 0 Å². The number of nitrogens with zero attached hydrogens (tertiary/aromatic N) is 2.